The van der Waals surface area contributed by atoms with Crippen LogP contribution in [0.4, 0.5) is 0 Å². The molecule has 0 saturated carbocycles. The Morgan fingerprint density at radius 3 is 2.18 bits per heavy atom. The number of halogens is 1. The fraction of sp³-hybridized carbons (Fsp3) is 0. The Balaban J connectivity index is 0.00000256. The number of hydrogen-bond donors (Lipinski definition) is 1. The first-order valence-electron chi connectivity index (χ1n) is 4.32. The molecule has 0 aliphatic carbocycles. The van der Waals surface area contributed by atoms with Crippen LogP contribution in [0.15, 0.2) is 42.5 Å². The first kappa shape index (κ1) is 14.9. The zero-order chi connectivity index (χ0) is 12.0. The molecule has 0 atom stereocenters. The Bertz CT molecular complexity index is 438. The third-order valence-corrected chi connectivity index (χ3v) is 1.56. The molecule has 0 unspecified atom stereocenters. The summed E-state index contributed by atoms with van der Waals surface area (Å²) in [5, 5.41) is 8.23. The van der Waals surface area contributed by atoms with E-state index in [1.165, 1.54) is 12.1 Å². The number of carbonyl (C=O) groups is 3. The van der Waals surface area contributed by atoms with Gasteiger partial charge in [-0.1, -0.05) is 18.2 Å². The van der Waals surface area contributed by atoms with Gasteiger partial charge >= 0.3 is 17.9 Å². The van der Waals surface area contributed by atoms with Gasteiger partial charge < -0.3 is 9.84 Å². The Kier molecular flexibility index (Phi) is 6.28. The van der Waals surface area contributed by atoms with Gasteiger partial charge in [0.25, 0.3) is 0 Å². The van der Waals surface area contributed by atoms with E-state index in [0.29, 0.717) is 12.2 Å². The Morgan fingerprint density at radius 2 is 1.65 bits per heavy atom. The quantitative estimate of drug-likeness (QED) is 0.503. The smallest absolute Gasteiger partial charge is 0.346 e. The van der Waals surface area contributed by atoms with E-state index in [1.807, 2.05) is 0 Å². The summed E-state index contributed by atoms with van der Waals surface area (Å²) in [6.07, 6.45) is 1.27. The lowest BCUT2D eigenvalue weighted by atomic mass is 10.2. The number of ether oxygens (including phenoxy) is 1. The van der Waals surface area contributed by atoms with Gasteiger partial charge in [-0.3, -0.25) is 0 Å². The minimum atomic E-state index is -1.29. The van der Waals surface area contributed by atoms with E-state index in [2.05, 4.69) is 4.74 Å². The molecule has 1 N–H and O–H groups in total. The lowest BCUT2D eigenvalue weighted by Gasteiger charge is -1.98. The van der Waals surface area contributed by atoms with Crippen LogP contribution in [0.2, 0.25) is 0 Å². The van der Waals surface area contributed by atoms with Crippen LogP contribution in [0.3, 0.4) is 0 Å². The van der Waals surface area contributed by atoms with E-state index < -0.39 is 17.9 Å². The predicted octanol–water partition coefficient (Wildman–Crippen LogP) is 1.43. The van der Waals surface area contributed by atoms with E-state index >= 15 is 0 Å². The molecule has 0 heterocycles. The third-order valence-electron chi connectivity index (χ3n) is 1.56. The number of carbonyl (C=O) groups excluding carboxylic acids is 2. The topological polar surface area (TPSA) is 80.7 Å². The van der Waals surface area contributed by atoms with E-state index in [1.54, 1.807) is 18.2 Å². The van der Waals surface area contributed by atoms with Gasteiger partial charge in [-0.15, -0.1) is 12.4 Å². The van der Waals surface area contributed by atoms with Crippen molar-refractivity contribution in [1.82, 2.24) is 0 Å². The van der Waals surface area contributed by atoms with Crippen molar-refractivity contribution in [1.29, 1.82) is 0 Å². The van der Waals surface area contributed by atoms with Crippen LogP contribution in [0.5, 0.6) is 0 Å². The lowest BCUT2D eigenvalue weighted by molar-refractivity contribution is -0.134. The number of aliphatic carboxylic acids is 1. The Hall–Kier alpha value is -2.14. The minimum Gasteiger partial charge on any atom is -0.478 e. The molecular formula is C11H9ClO5. The van der Waals surface area contributed by atoms with Gasteiger partial charge in [-0.05, 0) is 12.1 Å². The molecule has 0 bridgehead atoms. The molecule has 17 heavy (non-hydrogen) atoms. The van der Waals surface area contributed by atoms with Crippen LogP contribution in [0, 0.1) is 0 Å². The Labute approximate surface area is 103 Å². The first-order valence-corrected chi connectivity index (χ1v) is 4.32. The summed E-state index contributed by atoms with van der Waals surface area (Å²) in [7, 11) is 0. The van der Waals surface area contributed by atoms with Crippen LogP contribution in [0.25, 0.3) is 0 Å². The monoisotopic (exact) mass is 256 g/mol. The van der Waals surface area contributed by atoms with Crippen molar-refractivity contribution in [3.05, 3.63) is 48.0 Å². The van der Waals surface area contributed by atoms with Crippen molar-refractivity contribution >= 4 is 30.3 Å². The van der Waals surface area contributed by atoms with Crippen LogP contribution in [-0.4, -0.2) is 23.0 Å². The Morgan fingerprint density at radius 1 is 1.06 bits per heavy atom. The number of hydrogen-bond acceptors (Lipinski definition) is 4. The van der Waals surface area contributed by atoms with E-state index in [-0.39, 0.29) is 18.0 Å². The standard InChI is InChI=1S/C11H8O5.ClH/c12-9(13)6-7-10(14)16-11(15)8-4-2-1-3-5-8;/h1-7H,(H,12,13);1H/b7-6+;. The molecule has 1 rings (SSSR count). The summed E-state index contributed by atoms with van der Waals surface area (Å²) in [5.74, 6) is -3.12. The maximum absolute atomic E-state index is 11.3. The number of rotatable bonds is 3. The molecule has 5 nitrogen and oxygen atoms in total. The number of carboxylic acid groups (broad SMARTS) is 1. The van der Waals surface area contributed by atoms with Gasteiger partial charge in [0, 0.05) is 12.2 Å². The molecule has 0 aliphatic heterocycles. The second-order valence-corrected chi connectivity index (χ2v) is 2.75. The zero-order valence-electron chi connectivity index (χ0n) is 8.53. The van der Waals surface area contributed by atoms with Crippen molar-refractivity contribution in [3.8, 4) is 0 Å². The highest BCUT2D eigenvalue weighted by molar-refractivity contribution is 6.01. The molecule has 6 heteroatoms. The molecule has 0 fully saturated rings. The van der Waals surface area contributed by atoms with Crippen molar-refractivity contribution in [3.63, 3.8) is 0 Å². The van der Waals surface area contributed by atoms with Crippen LogP contribution < -0.4 is 0 Å². The van der Waals surface area contributed by atoms with Crippen LogP contribution in [-0.2, 0) is 14.3 Å². The largest absolute Gasteiger partial charge is 0.478 e. The molecule has 1 aromatic carbocycles. The van der Waals surface area contributed by atoms with Crippen LogP contribution >= 0.6 is 12.4 Å². The van der Waals surface area contributed by atoms with Crippen molar-refractivity contribution in [2.75, 3.05) is 0 Å². The number of benzene rings is 1. The average Bonchev–Trinajstić information content (AvgIpc) is 2.27. The number of carboxylic acids is 1. The lowest BCUT2D eigenvalue weighted by Crippen LogP contribution is -2.10. The zero-order valence-corrected chi connectivity index (χ0v) is 9.35. The maximum atomic E-state index is 11.3. The fourth-order valence-corrected chi connectivity index (χ4v) is 0.898. The van der Waals surface area contributed by atoms with Crippen molar-refractivity contribution < 1.29 is 24.2 Å². The molecule has 0 amide bonds. The molecule has 0 saturated heterocycles. The molecular weight excluding hydrogens is 248 g/mol. The van der Waals surface area contributed by atoms with Gasteiger partial charge in [-0.2, -0.15) is 0 Å². The maximum Gasteiger partial charge on any atom is 0.346 e. The summed E-state index contributed by atoms with van der Waals surface area (Å²) in [5.41, 5.74) is 0.222. The van der Waals surface area contributed by atoms with Gasteiger partial charge in [0.15, 0.2) is 0 Å². The van der Waals surface area contributed by atoms with Gasteiger partial charge in [0.2, 0.25) is 0 Å². The third kappa shape index (κ3) is 5.48. The highest BCUT2D eigenvalue weighted by Crippen LogP contribution is 2.01. The van der Waals surface area contributed by atoms with E-state index in [4.69, 9.17) is 5.11 Å². The summed E-state index contributed by atoms with van der Waals surface area (Å²) in [6, 6.07) is 7.91. The summed E-state index contributed by atoms with van der Waals surface area (Å²) >= 11 is 0. The van der Waals surface area contributed by atoms with Gasteiger partial charge in [0.1, 0.15) is 0 Å². The van der Waals surface area contributed by atoms with E-state index in [0.717, 1.165) is 0 Å². The molecule has 1 aromatic rings. The van der Waals surface area contributed by atoms with Crippen LogP contribution in [0.1, 0.15) is 10.4 Å². The number of esters is 2. The summed E-state index contributed by atoms with van der Waals surface area (Å²) < 4.78 is 4.36. The highest BCUT2D eigenvalue weighted by atomic mass is 35.5. The minimum absolute atomic E-state index is 0. The van der Waals surface area contributed by atoms with E-state index in [9.17, 15) is 14.4 Å². The van der Waals surface area contributed by atoms with Crippen molar-refractivity contribution in [2.45, 2.75) is 0 Å². The van der Waals surface area contributed by atoms with Crippen molar-refractivity contribution in [2.24, 2.45) is 0 Å². The predicted molar refractivity (Wildman–Crippen MR) is 60.9 cm³/mol. The molecule has 0 spiro atoms. The highest BCUT2D eigenvalue weighted by Gasteiger charge is 2.09. The first-order chi connectivity index (χ1) is 7.59. The summed E-state index contributed by atoms with van der Waals surface area (Å²) in [4.78, 5) is 32.3. The molecule has 90 valence electrons. The molecule has 0 radical (unpaired) electrons. The second kappa shape index (κ2) is 7.19. The second-order valence-electron chi connectivity index (χ2n) is 2.75. The summed E-state index contributed by atoms with van der Waals surface area (Å²) in [6.45, 7) is 0. The normalized spacial score (nSPS) is 9.41. The average molecular weight is 257 g/mol. The molecule has 0 aliphatic rings. The fourth-order valence-electron chi connectivity index (χ4n) is 0.898. The van der Waals surface area contributed by atoms with Gasteiger partial charge in [0.05, 0.1) is 5.56 Å². The van der Waals surface area contributed by atoms with Gasteiger partial charge in [-0.25, -0.2) is 14.4 Å². The molecule has 0 aromatic heterocycles. The SMILES string of the molecule is Cl.O=C(O)/C=C/C(=O)OC(=O)c1ccccc1.